The zero-order chi connectivity index (χ0) is 23.7. The third kappa shape index (κ3) is 4.49. The average molecular weight is 466 g/mol. The van der Waals surface area contributed by atoms with Gasteiger partial charge in [-0.2, -0.15) is 13.2 Å². The summed E-state index contributed by atoms with van der Waals surface area (Å²) in [4.78, 5) is 19.0. The van der Waals surface area contributed by atoms with E-state index in [0.717, 1.165) is 35.3 Å². The number of para-hydroxylation sites is 1. The van der Waals surface area contributed by atoms with Crippen molar-refractivity contribution in [2.45, 2.75) is 12.6 Å². The average Bonchev–Trinajstić information content (AvgIpc) is 3.27. The number of nitrogens with one attached hydrogen (secondary N) is 1. The third-order valence-electron chi connectivity index (χ3n) is 5.88. The van der Waals surface area contributed by atoms with Gasteiger partial charge in [0.2, 0.25) is 0 Å². The molecule has 0 bridgehead atoms. The first-order valence-electron chi connectivity index (χ1n) is 10.9. The monoisotopic (exact) mass is 466 g/mol. The molecule has 0 fully saturated rings. The lowest BCUT2D eigenvalue weighted by Crippen LogP contribution is -2.37. The molecule has 0 unspecified atom stereocenters. The summed E-state index contributed by atoms with van der Waals surface area (Å²) in [7, 11) is 0. The van der Waals surface area contributed by atoms with Gasteiger partial charge in [0.1, 0.15) is 5.52 Å². The predicted octanol–water partition coefficient (Wildman–Crippen LogP) is 3.97. The lowest BCUT2D eigenvalue weighted by atomic mass is 10.1. The van der Waals surface area contributed by atoms with E-state index in [1.165, 1.54) is 6.07 Å². The summed E-state index contributed by atoms with van der Waals surface area (Å²) >= 11 is 0. The number of fused-ring (bicyclic) bond motifs is 2. The van der Waals surface area contributed by atoms with Crippen LogP contribution in [0.25, 0.3) is 27.6 Å². The van der Waals surface area contributed by atoms with E-state index in [-0.39, 0.29) is 11.4 Å². The standard InChI is InChI=1S/C24H21F3N6O/c25-24(26,27)18-5-6-22-21(14-18)30-31-33(22)19-7-10-32(11-8-19)12-9-28-23(34)17-13-16-3-1-2-4-20(16)29-15-17/h1-7,13-15H,8-12H2,(H,28,34). The van der Waals surface area contributed by atoms with Gasteiger partial charge in [0.05, 0.1) is 22.2 Å². The van der Waals surface area contributed by atoms with Crippen LogP contribution in [0, 0.1) is 0 Å². The van der Waals surface area contributed by atoms with Gasteiger partial charge in [-0.3, -0.25) is 14.7 Å². The number of aromatic nitrogens is 4. The zero-order valence-corrected chi connectivity index (χ0v) is 18.1. The molecule has 0 saturated heterocycles. The van der Waals surface area contributed by atoms with Crippen LogP contribution in [0.2, 0.25) is 0 Å². The minimum Gasteiger partial charge on any atom is -0.351 e. The highest BCUT2D eigenvalue weighted by atomic mass is 19.4. The maximum atomic E-state index is 12.9. The fourth-order valence-corrected chi connectivity index (χ4v) is 4.03. The normalized spacial score (nSPS) is 15.0. The lowest BCUT2D eigenvalue weighted by molar-refractivity contribution is -0.137. The van der Waals surface area contributed by atoms with Gasteiger partial charge in [-0.1, -0.05) is 23.4 Å². The van der Waals surface area contributed by atoms with Gasteiger partial charge < -0.3 is 5.32 Å². The van der Waals surface area contributed by atoms with E-state index in [4.69, 9.17) is 0 Å². The molecule has 7 nitrogen and oxygen atoms in total. The Morgan fingerprint density at radius 3 is 2.74 bits per heavy atom. The van der Waals surface area contributed by atoms with Crippen LogP contribution in [0.5, 0.6) is 0 Å². The number of carbonyl (C=O) groups excluding carboxylic acids is 1. The summed E-state index contributed by atoms with van der Waals surface area (Å²) in [6.45, 7) is 2.54. The van der Waals surface area contributed by atoms with Crippen LogP contribution in [0.4, 0.5) is 13.2 Å². The summed E-state index contributed by atoms with van der Waals surface area (Å²) in [5.74, 6) is -0.168. The summed E-state index contributed by atoms with van der Waals surface area (Å²) in [6, 6.07) is 12.9. The number of nitrogens with zero attached hydrogens (tertiary/aromatic N) is 5. The van der Waals surface area contributed by atoms with Crippen molar-refractivity contribution in [2.75, 3.05) is 26.2 Å². The molecule has 0 aliphatic carbocycles. The van der Waals surface area contributed by atoms with Crippen LogP contribution in [0.1, 0.15) is 22.3 Å². The van der Waals surface area contributed by atoms with Crippen molar-refractivity contribution in [3.63, 3.8) is 0 Å². The fourth-order valence-electron chi connectivity index (χ4n) is 4.03. The molecule has 2 aromatic heterocycles. The number of amides is 1. The highest BCUT2D eigenvalue weighted by Crippen LogP contribution is 2.31. The van der Waals surface area contributed by atoms with Gasteiger partial charge in [0.25, 0.3) is 5.91 Å². The number of pyridine rings is 1. The lowest BCUT2D eigenvalue weighted by Gasteiger charge is -2.26. The number of hydrogen-bond acceptors (Lipinski definition) is 5. The van der Waals surface area contributed by atoms with Crippen molar-refractivity contribution in [1.29, 1.82) is 0 Å². The van der Waals surface area contributed by atoms with E-state index in [9.17, 15) is 18.0 Å². The number of carbonyl (C=O) groups is 1. The second-order valence-corrected chi connectivity index (χ2v) is 8.12. The molecule has 1 amide bonds. The van der Waals surface area contributed by atoms with Crippen LogP contribution in [0.15, 0.2) is 60.8 Å². The van der Waals surface area contributed by atoms with Crippen LogP contribution in [0.3, 0.4) is 0 Å². The van der Waals surface area contributed by atoms with E-state index < -0.39 is 11.7 Å². The van der Waals surface area contributed by atoms with E-state index in [1.807, 2.05) is 36.4 Å². The largest absolute Gasteiger partial charge is 0.416 e. The van der Waals surface area contributed by atoms with E-state index in [2.05, 4.69) is 25.5 Å². The Bertz CT molecular complexity index is 1390. The quantitative estimate of drug-likeness (QED) is 0.482. The Labute approximate surface area is 192 Å². The number of alkyl halides is 3. The number of benzene rings is 2. The Kier molecular flexibility index (Phi) is 5.74. The molecular formula is C24H21F3N6O. The molecule has 10 heteroatoms. The topological polar surface area (TPSA) is 75.9 Å². The van der Waals surface area contributed by atoms with Gasteiger partial charge in [-0.15, -0.1) is 5.10 Å². The van der Waals surface area contributed by atoms with Gasteiger partial charge in [-0.25, -0.2) is 4.68 Å². The van der Waals surface area contributed by atoms with Gasteiger partial charge in [0.15, 0.2) is 0 Å². The SMILES string of the molecule is O=C(NCCN1CC=C(n2nnc3cc(C(F)(F)F)ccc32)CC1)c1cnc2ccccc2c1. The highest BCUT2D eigenvalue weighted by Gasteiger charge is 2.31. The van der Waals surface area contributed by atoms with Crippen LogP contribution in [-0.2, 0) is 6.18 Å². The van der Waals surface area contributed by atoms with Gasteiger partial charge >= 0.3 is 6.18 Å². The maximum absolute atomic E-state index is 12.9. The summed E-state index contributed by atoms with van der Waals surface area (Å²) in [6.07, 6.45) is -0.178. The Morgan fingerprint density at radius 1 is 1.09 bits per heavy atom. The molecule has 0 saturated carbocycles. The molecule has 2 aromatic carbocycles. The molecule has 1 N–H and O–H groups in total. The number of halogens is 3. The summed E-state index contributed by atoms with van der Waals surface area (Å²) in [5.41, 5.74) is 2.28. The first-order valence-corrected chi connectivity index (χ1v) is 10.9. The maximum Gasteiger partial charge on any atom is 0.416 e. The smallest absolute Gasteiger partial charge is 0.351 e. The molecule has 1 aliphatic heterocycles. The highest BCUT2D eigenvalue weighted by molar-refractivity contribution is 5.97. The van der Waals surface area contributed by atoms with Crippen LogP contribution >= 0.6 is 0 Å². The first kappa shape index (κ1) is 22.0. The zero-order valence-electron chi connectivity index (χ0n) is 18.1. The molecule has 3 heterocycles. The van der Waals surface area contributed by atoms with Crippen molar-refractivity contribution in [3.8, 4) is 0 Å². The van der Waals surface area contributed by atoms with Gasteiger partial charge in [-0.05, 0) is 36.4 Å². The van der Waals surface area contributed by atoms with Gasteiger partial charge in [0, 0.05) is 49.9 Å². The van der Waals surface area contributed by atoms with Crippen molar-refractivity contribution in [3.05, 3.63) is 71.9 Å². The predicted molar refractivity (Wildman–Crippen MR) is 122 cm³/mol. The molecule has 5 rings (SSSR count). The van der Waals surface area contributed by atoms with E-state index in [0.29, 0.717) is 37.1 Å². The molecule has 0 atom stereocenters. The minimum absolute atomic E-state index is 0.168. The van der Waals surface area contributed by atoms with Crippen molar-refractivity contribution in [1.82, 2.24) is 30.2 Å². The van der Waals surface area contributed by atoms with E-state index in [1.54, 1.807) is 10.9 Å². The first-order chi connectivity index (χ1) is 16.4. The Balaban J connectivity index is 1.17. The third-order valence-corrected chi connectivity index (χ3v) is 5.88. The molecular weight excluding hydrogens is 445 g/mol. The Morgan fingerprint density at radius 2 is 1.94 bits per heavy atom. The van der Waals surface area contributed by atoms with Crippen LogP contribution < -0.4 is 5.32 Å². The van der Waals surface area contributed by atoms with Crippen molar-refractivity contribution >= 4 is 33.5 Å². The minimum atomic E-state index is -4.41. The molecule has 0 spiro atoms. The van der Waals surface area contributed by atoms with E-state index >= 15 is 0 Å². The van der Waals surface area contributed by atoms with Crippen LogP contribution in [-0.4, -0.2) is 57.0 Å². The van der Waals surface area contributed by atoms with Crippen molar-refractivity contribution < 1.29 is 18.0 Å². The molecule has 174 valence electrons. The second-order valence-electron chi connectivity index (χ2n) is 8.12. The Hall–Kier alpha value is -3.79. The molecule has 4 aromatic rings. The molecule has 34 heavy (non-hydrogen) atoms. The number of hydrogen-bond donors (Lipinski definition) is 1. The molecule has 1 aliphatic rings. The van der Waals surface area contributed by atoms with Crippen molar-refractivity contribution in [2.24, 2.45) is 0 Å². The second kappa shape index (κ2) is 8.86. The summed E-state index contributed by atoms with van der Waals surface area (Å²) in [5, 5.41) is 11.8. The number of rotatable bonds is 5. The summed E-state index contributed by atoms with van der Waals surface area (Å²) < 4.78 is 40.4. The fraction of sp³-hybridized carbons (Fsp3) is 0.250. The molecule has 0 radical (unpaired) electrons.